The van der Waals surface area contributed by atoms with Crippen molar-refractivity contribution in [3.63, 3.8) is 0 Å². The maximum Gasteiger partial charge on any atom is 0.265 e. The lowest BCUT2D eigenvalue weighted by atomic mass is 10.0. The summed E-state index contributed by atoms with van der Waals surface area (Å²) in [7, 11) is -4.73. The van der Waals surface area contributed by atoms with E-state index in [1.807, 2.05) is 0 Å². The van der Waals surface area contributed by atoms with Crippen LogP contribution in [0.2, 0.25) is 6.43 Å². The Balaban J connectivity index is 1.78. The molecule has 8 nitrogen and oxygen atoms in total. The van der Waals surface area contributed by atoms with Gasteiger partial charge in [-0.2, -0.15) is 0 Å². The van der Waals surface area contributed by atoms with Gasteiger partial charge in [0.2, 0.25) is 6.75 Å². The highest BCUT2D eigenvalue weighted by Crippen LogP contribution is 2.36. The van der Waals surface area contributed by atoms with E-state index >= 15 is 0 Å². The van der Waals surface area contributed by atoms with Crippen LogP contribution in [-0.2, 0) is 16.4 Å². The summed E-state index contributed by atoms with van der Waals surface area (Å²) in [6, 6.07) is -0.428. The molecule has 1 aliphatic heterocycles. The van der Waals surface area contributed by atoms with Gasteiger partial charge >= 0.3 is 0 Å². The monoisotopic (exact) mass is 462 g/mol. The highest BCUT2D eigenvalue weighted by Gasteiger charge is 2.27. The molecule has 0 amide bonds. The van der Waals surface area contributed by atoms with Crippen LogP contribution in [0.5, 0.6) is 11.5 Å². The summed E-state index contributed by atoms with van der Waals surface area (Å²) in [6.07, 6.45) is -0.846. The molecule has 1 aromatic carbocycles. The van der Waals surface area contributed by atoms with Crippen molar-refractivity contribution in [1.82, 2.24) is 5.16 Å². The van der Waals surface area contributed by atoms with Gasteiger partial charge in [0, 0.05) is 10.5 Å². The van der Waals surface area contributed by atoms with Gasteiger partial charge in [-0.05, 0) is 48.4 Å². The van der Waals surface area contributed by atoms with Crippen molar-refractivity contribution in [3.05, 3.63) is 50.3 Å². The van der Waals surface area contributed by atoms with Gasteiger partial charge in [0.05, 0.1) is 7.62 Å². The van der Waals surface area contributed by atoms with E-state index < -0.39 is 81.3 Å². The first-order chi connectivity index (χ1) is 17.0. The van der Waals surface area contributed by atoms with E-state index in [1.165, 1.54) is 12.3 Å². The van der Waals surface area contributed by atoms with E-state index in [0.29, 0.717) is 11.3 Å². The number of carbonyl (C=O) groups excluding carboxylic acids is 1. The smallest absolute Gasteiger partial charge is 0.265 e. The summed E-state index contributed by atoms with van der Waals surface area (Å²) < 4.78 is 104. The first kappa shape index (κ1) is 12.2. The maximum absolute atomic E-state index is 13.3. The Labute approximate surface area is 186 Å². The molecule has 1 N–H and O–H groups in total. The van der Waals surface area contributed by atoms with E-state index in [2.05, 4.69) is 5.16 Å². The Morgan fingerprint density at radius 2 is 2.24 bits per heavy atom. The number of hydrogen-bond donors (Lipinski definition) is 1. The molecule has 0 spiro atoms. The third-order valence-electron chi connectivity index (χ3n) is 3.77. The highest BCUT2D eigenvalue weighted by atomic mass is 35.5. The van der Waals surface area contributed by atoms with Gasteiger partial charge in [-0.1, -0.05) is 16.8 Å². The zero-order valence-electron chi connectivity index (χ0n) is 22.4. The Morgan fingerprint density at radius 3 is 2.93 bits per heavy atom. The van der Waals surface area contributed by atoms with Gasteiger partial charge in [-0.3, -0.25) is 4.79 Å². The number of nitrogens with zero attached hydrogens (tertiary/aromatic N) is 1. The predicted octanol–water partition coefficient (Wildman–Crippen LogP) is 3.96. The Hall–Kier alpha value is -2.56. The molecule has 2 aromatic heterocycles. The second-order valence-corrected chi connectivity index (χ2v) is 8.58. The number of rotatable bonds is 6. The molecule has 11 heteroatoms. The zero-order chi connectivity index (χ0) is 27.7. The zero-order valence-corrected chi connectivity index (χ0v) is 16.8. The van der Waals surface area contributed by atoms with Crippen LogP contribution in [0.4, 0.5) is 5.88 Å². The van der Waals surface area contributed by atoms with Crippen molar-refractivity contribution >= 4 is 44.6 Å². The average molecular weight is 463 g/mol. The fourth-order valence-electron chi connectivity index (χ4n) is 2.39. The molecule has 4 rings (SSSR count). The highest BCUT2D eigenvalue weighted by molar-refractivity contribution is 7.93. The van der Waals surface area contributed by atoms with E-state index in [1.54, 1.807) is 0 Å². The first-order valence-corrected chi connectivity index (χ1v) is 10.5. The molecule has 0 unspecified atom stereocenters. The van der Waals surface area contributed by atoms with E-state index in [4.69, 9.17) is 36.6 Å². The minimum atomic E-state index is -4.73. The second-order valence-electron chi connectivity index (χ2n) is 5.72. The number of thiophene rings is 1. The summed E-state index contributed by atoms with van der Waals surface area (Å²) in [6.45, 7) is -4.36. The lowest BCUT2D eigenvalue weighted by molar-refractivity contribution is 0.0994. The molecule has 152 valence electrons. The quantitative estimate of drug-likeness (QED) is 0.552. The molecule has 0 atom stereocenters. The Bertz CT molecular complexity index is 1540. The van der Waals surface area contributed by atoms with Crippen LogP contribution in [0.3, 0.4) is 0 Å². The van der Waals surface area contributed by atoms with Crippen LogP contribution >= 0.6 is 22.9 Å². The molecule has 3 aromatic rings. The largest absolute Gasteiger partial charge is 0.454 e. The van der Waals surface area contributed by atoms with Crippen LogP contribution in [0.25, 0.3) is 0 Å². The minimum absolute atomic E-state index is 0.0392. The van der Waals surface area contributed by atoms with Gasteiger partial charge in [-0.15, -0.1) is 11.3 Å². The number of aryl methyl sites for hydroxylation is 1. The number of ether oxygens (including phenoxy) is 2. The Morgan fingerprint density at radius 1 is 1.48 bits per heavy atom. The van der Waals surface area contributed by atoms with Gasteiger partial charge in [0.25, 0.3) is 15.9 Å². The van der Waals surface area contributed by atoms with Gasteiger partial charge in [0.15, 0.2) is 18.7 Å². The van der Waals surface area contributed by atoms with Gasteiger partial charge < -0.3 is 14.0 Å². The molecule has 0 saturated carbocycles. The van der Waals surface area contributed by atoms with Crippen molar-refractivity contribution in [2.45, 2.75) is 25.1 Å². The minimum Gasteiger partial charge on any atom is -0.454 e. The van der Waals surface area contributed by atoms with Crippen LogP contribution in [-0.4, -0.2) is 26.1 Å². The SMILES string of the molecule is [2H]c1c(CC(=O)c2sccc2S(=O)(=O)N([2H])c2onc(C)c2Cl)c(C([2H])([2H])[2H])c([2H])c2c1OC([2H])([2H])O2. The molecule has 0 fully saturated rings. The van der Waals surface area contributed by atoms with Crippen molar-refractivity contribution in [3.8, 4) is 11.5 Å². The topological polar surface area (TPSA) is 108 Å². The molecule has 29 heavy (non-hydrogen) atoms. The average Bonchev–Trinajstić information content (AvgIpc) is 3.48. The number of ketones is 1. The lowest BCUT2D eigenvalue weighted by Crippen LogP contribution is -2.16. The molecule has 0 bridgehead atoms. The van der Waals surface area contributed by atoms with Crippen molar-refractivity contribution in [2.75, 3.05) is 11.5 Å². The molecule has 3 heterocycles. The van der Waals surface area contributed by atoms with Crippen LogP contribution in [0, 0.1) is 13.8 Å². The number of halogens is 1. The van der Waals surface area contributed by atoms with Crippen LogP contribution in [0.1, 0.15) is 36.1 Å². The van der Waals surface area contributed by atoms with E-state index in [0.717, 1.165) is 6.07 Å². The molecule has 1 aliphatic rings. The number of fused-ring (bicyclic) bond motifs is 1. The van der Waals surface area contributed by atoms with Crippen LogP contribution in [0.15, 0.2) is 32.9 Å². The fourth-order valence-corrected chi connectivity index (χ4v) is 4.85. The molecular formula is C18H15ClN2O6S2. The third kappa shape index (κ3) is 3.70. The summed E-state index contributed by atoms with van der Waals surface area (Å²) in [5.74, 6) is -2.70. The van der Waals surface area contributed by atoms with Crippen LogP contribution < -0.4 is 14.2 Å². The number of Topliss-reactive ketones (excluding diaryl/α,β-unsaturated/α-hetero) is 1. The van der Waals surface area contributed by atoms with Gasteiger partial charge in [-0.25, -0.2) is 13.1 Å². The summed E-state index contributed by atoms with van der Waals surface area (Å²) in [5.41, 5.74) is -1.09. The van der Waals surface area contributed by atoms with E-state index in [9.17, 15) is 13.2 Å². The summed E-state index contributed by atoms with van der Waals surface area (Å²) >= 11 is 6.64. The second kappa shape index (κ2) is 7.36. The molecule has 0 saturated heterocycles. The normalized spacial score (nSPS) is 19.1. The van der Waals surface area contributed by atoms with Crippen molar-refractivity contribution in [1.29, 1.82) is 0 Å². The number of aromatic nitrogens is 1. The predicted molar refractivity (Wildman–Crippen MR) is 107 cm³/mol. The molecular weight excluding hydrogens is 440 g/mol. The third-order valence-corrected chi connectivity index (χ3v) is 6.60. The number of hydrogen-bond acceptors (Lipinski definition) is 8. The number of benzene rings is 1. The van der Waals surface area contributed by atoms with Crippen molar-refractivity contribution in [2.24, 2.45) is 0 Å². The number of nitrogens with one attached hydrogen (secondary N) is 1. The number of sulfonamides is 1. The maximum atomic E-state index is 13.3. The molecule has 0 aliphatic carbocycles. The Kier molecular flexibility index (Phi) is 3.10. The summed E-state index contributed by atoms with van der Waals surface area (Å²) in [5, 5.41) is 4.53. The number of carbonyl (C=O) groups is 1. The molecule has 0 radical (unpaired) electrons. The first-order valence-electron chi connectivity index (χ1n) is 11.7. The standard InChI is InChI=1S/C18H15ClN2O6S2/c1-9-5-13-14(26-8-25-13)7-11(9)6-12(22)17-15(3-4-28-17)29(23,24)21-18-16(19)10(2)20-27-18/h3-5,7,21H,6,8H2,1-2H3/i1D3,5D,7D,8D2/hD. The number of anilines is 1. The van der Waals surface area contributed by atoms with Gasteiger partial charge in [0.1, 0.15) is 18.4 Å². The van der Waals surface area contributed by atoms with E-state index in [-0.39, 0.29) is 20.3 Å². The fraction of sp³-hybridized carbons (Fsp3) is 0.222. The lowest BCUT2D eigenvalue weighted by Gasteiger charge is -2.09. The summed E-state index contributed by atoms with van der Waals surface area (Å²) in [4.78, 5) is 12.3. The van der Waals surface area contributed by atoms with Crippen molar-refractivity contribution < 1.29 is 38.2 Å².